The predicted molar refractivity (Wildman–Crippen MR) is 102 cm³/mol. The second-order valence-electron chi connectivity index (χ2n) is 5.95. The number of amides is 1. The average molecular weight is 435 g/mol. The Morgan fingerprint density at radius 3 is 2.68 bits per heavy atom. The van der Waals surface area contributed by atoms with Crippen LogP contribution in [0, 0.1) is 0 Å². The van der Waals surface area contributed by atoms with E-state index >= 15 is 0 Å². The van der Waals surface area contributed by atoms with Crippen LogP contribution in [0.2, 0.25) is 0 Å². The zero-order valence-electron chi connectivity index (χ0n) is 15.3. The summed E-state index contributed by atoms with van der Waals surface area (Å²) < 4.78 is 63.0. The van der Waals surface area contributed by atoms with Gasteiger partial charge in [0.25, 0.3) is 5.91 Å². The predicted octanol–water partition coefficient (Wildman–Crippen LogP) is 3.23. The number of hydrogen-bond donors (Lipinski definition) is 1. The Hall–Kier alpha value is -1.98. The maximum absolute atomic E-state index is 12.8. The van der Waals surface area contributed by atoms with Crippen LogP contribution >= 0.6 is 11.3 Å². The molecule has 0 unspecified atom stereocenters. The van der Waals surface area contributed by atoms with Crippen molar-refractivity contribution >= 4 is 27.3 Å². The minimum Gasteiger partial charge on any atom is -0.351 e. The molecule has 1 amide bonds. The fourth-order valence-electron chi connectivity index (χ4n) is 2.29. The van der Waals surface area contributed by atoms with Crippen molar-refractivity contribution < 1.29 is 26.4 Å². The molecule has 0 bridgehead atoms. The van der Waals surface area contributed by atoms with Crippen LogP contribution in [0.3, 0.4) is 0 Å². The number of nitrogens with zero attached hydrogens (tertiary/aromatic N) is 2. The monoisotopic (exact) mass is 435 g/mol. The van der Waals surface area contributed by atoms with Gasteiger partial charge in [-0.2, -0.15) is 13.2 Å². The molecule has 11 heteroatoms. The quantitative estimate of drug-likeness (QED) is 0.646. The molecule has 0 spiro atoms. The molecular formula is C17H20F3N3O3S2. The number of thiazole rings is 1. The Kier molecular flexibility index (Phi) is 7.18. The van der Waals surface area contributed by atoms with E-state index in [4.69, 9.17) is 0 Å². The molecule has 1 aromatic heterocycles. The summed E-state index contributed by atoms with van der Waals surface area (Å²) in [6, 6.07) is 4.75. The summed E-state index contributed by atoms with van der Waals surface area (Å²) >= 11 is 1.07. The lowest BCUT2D eigenvalue weighted by molar-refractivity contribution is -0.137. The van der Waals surface area contributed by atoms with Crippen LogP contribution < -0.4 is 5.32 Å². The number of aromatic nitrogens is 1. The van der Waals surface area contributed by atoms with Gasteiger partial charge < -0.3 is 5.32 Å². The Morgan fingerprint density at radius 2 is 2.04 bits per heavy atom. The first kappa shape index (κ1) is 22.3. The Balaban J connectivity index is 1.94. The first-order valence-corrected chi connectivity index (χ1v) is 10.9. The first-order valence-electron chi connectivity index (χ1n) is 8.40. The van der Waals surface area contributed by atoms with Crippen LogP contribution in [-0.4, -0.2) is 49.5 Å². The van der Waals surface area contributed by atoms with Crippen molar-refractivity contribution in [2.45, 2.75) is 19.5 Å². The molecule has 1 heterocycles. The molecule has 2 rings (SSSR count). The summed E-state index contributed by atoms with van der Waals surface area (Å²) in [4.78, 5) is 16.2. The lowest BCUT2D eigenvalue weighted by Gasteiger charge is -2.15. The average Bonchev–Trinajstić information content (AvgIpc) is 3.14. The number of hydrogen-bond acceptors (Lipinski definition) is 5. The number of rotatable bonds is 8. The van der Waals surface area contributed by atoms with E-state index in [1.165, 1.54) is 28.9 Å². The van der Waals surface area contributed by atoms with Gasteiger partial charge >= 0.3 is 6.18 Å². The molecule has 0 aliphatic carbocycles. The summed E-state index contributed by atoms with van der Waals surface area (Å²) in [6.07, 6.45) is -4.03. The van der Waals surface area contributed by atoms with Crippen LogP contribution in [0.5, 0.6) is 0 Å². The van der Waals surface area contributed by atoms with Gasteiger partial charge in [-0.05, 0) is 25.5 Å². The van der Waals surface area contributed by atoms with Crippen molar-refractivity contribution in [3.63, 3.8) is 0 Å². The van der Waals surface area contributed by atoms with Crippen molar-refractivity contribution in [1.29, 1.82) is 0 Å². The van der Waals surface area contributed by atoms with E-state index < -0.39 is 27.7 Å². The van der Waals surface area contributed by atoms with E-state index in [1.54, 1.807) is 6.92 Å². The SMILES string of the molecule is CCS(=O)(=O)N(C)CCCNC(=O)c1csc(-c2cccc(C(F)(F)F)c2)n1. The molecular weight excluding hydrogens is 415 g/mol. The van der Waals surface area contributed by atoms with Gasteiger partial charge in [-0.25, -0.2) is 17.7 Å². The highest BCUT2D eigenvalue weighted by Crippen LogP contribution is 2.33. The zero-order chi connectivity index (χ0) is 20.9. The fraction of sp³-hybridized carbons (Fsp3) is 0.412. The molecule has 0 atom stereocenters. The maximum atomic E-state index is 12.8. The normalized spacial score (nSPS) is 12.4. The smallest absolute Gasteiger partial charge is 0.351 e. The molecule has 0 aliphatic rings. The minimum atomic E-state index is -4.45. The third-order valence-corrected chi connectivity index (χ3v) is 6.70. The van der Waals surface area contributed by atoms with Crippen LogP contribution in [0.1, 0.15) is 29.4 Å². The highest BCUT2D eigenvalue weighted by atomic mass is 32.2. The van der Waals surface area contributed by atoms with Crippen LogP contribution in [0.15, 0.2) is 29.6 Å². The molecule has 1 aromatic carbocycles. The lowest BCUT2D eigenvalue weighted by Crippen LogP contribution is -2.32. The van der Waals surface area contributed by atoms with Crippen molar-refractivity contribution in [3.05, 3.63) is 40.9 Å². The number of carbonyl (C=O) groups is 1. The molecule has 0 fully saturated rings. The summed E-state index contributed by atoms with van der Waals surface area (Å²) in [6.45, 7) is 2.07. The number of alkyl halides is 3. The Morgan fingerprint density at radius 1 is 1.32 bits per heavy atom. The number of nitrogens with one attached hydrogen (secondary N) is 1. The molecule has 6 nitrogen and oxygen atoms in total. The second-order valence-corrected chi connectivity index (χ2v) is 9.17. The van der Waals surface area contributed by atoms with Gasteiger partial charge in [0.05, 0.1) is 11.3 Å². The zero-order valence-corrected chi connectivity index (χ0v) is 16.9. The third kappa shape index (κ3) is 5.76. The molecule has 0 aliphatic heterocycles. The Bertz CT molecular complexity index is 927. The van der Waals surface area contributed by atoms with Gasteiger partial charge in [0, 0.05) is 31.1 Å². The number of halogens is 3. The first-order chi connectivity index (χ1) is 13.0. The fourth-order valence-corrected chi connectivity index (χ4v) is 3.94. The van der Waals surface area contributed by atoms with Crippen LogP contribution in [0.25, 0.3) is 10.6 Å². The molecule has 0 saturated heterocycles. The highest BCUT2D eigenvalue weighted by molar-refractivity contribution is 7.89. The van der Waals surface area contributed by atoms with E-state index in [9.17, 15) is 26.4 Å². The molecule has 154 valence electrons. The summed E-state index contributed by atoms with van der Waals surface area (Å²) in [7, 11) is -1.79. The van der Waals surface area contributed by atoms with E-state index in [0.29, 0.717) is 11.4 Å². The number of carbonyl (C=O) groups excluding carboxylic acids is 1. The molecule has 0 saturated carbocycles. The van der Waals surface area contributed by atoms with E-state index in [-0.39, 0.29) is 30.1 Å². The van der Waals surface area contributed by atoms with Crippen LogP contribution in [0.4, 0.5) is 13.2 Å². The van der Waals surface area contributed by atoms with Gasteiger partial charge in [0.2, 0.25) is 10.0 Å². The molecule has 1 N–H and O–H groups in total. The van der Waals surface area contributed by atoms with E-state index in [1.807, 2.05) is 0 Å². The standard InChI is InChI=1S/C17H20F3N3O3S2/c1-3-28(25,26)23(2)9-5-8-21-15(24)14-11-27-16(22-14)12-6-4-7-13(10-12)17(18,19)20/h4,6-7,10-11H,3,5,8-9H2,1-2H3,(H,21,24). The topological polar surface area (TPSA) is 79.4 Å². The van der Waals surface area contributed by atoms with Crippen molar-refractivity contribution in [3.8, 4) is 10.6 Å². The summed E-state index contributed by atoms with van der Waals surface area (Å²) in [5.74, 6) is -0.456. The lowest BCUT2D eigenvalue weighted by atomic mass is 10.1. The largest absolute Gasteiger partial charge is 0.416 e. The number of sulfonamides is 1. The van der Waals surface area contributed by atoms with Crippen molar-refractivity contribution in [2.24, 2.45) is 0 Å². The minimum absolute atomic E-state index is 0.00694. The van der Waals surface area contributed by atoms with Gasteiger partial charge in [-0.1, -0.05) is 12.1 Å². The van der Waals surface area contributed by atoms with E-state index in [0.717, 1.165) is 23.5 Å². The van der Waals surface area contributed by atoms with Gasteiger partial charge in [0.15, 0.2) is 0 Å². The number of benzene rings is 1. The van der Waals surface area contributed by atoms with Crippen molar-refractivity contribution in [2.75, 3.05) is 25.9 Å². The van der Waals surface area contributed by atoms with Gasteiger partial charge in [0.1, 0.15) is 10.7 Å². The second kappa shape index (κ2) is 9.01. The van der Waals surface area contributed by atoms with Gasteiger partial charge in [-0.15, -0.1) is 11.3 Å². The summed E-state index contributed by atoms with van der Waals surface area (Å²) in [5, 5.41) is 4.41. The molecule has 28 heavy (non-hydrogen) atoms. The van der Waals surface area contributed by atoms with Crippen LogP contribution in [-0.2, 0) is 16.2 Å². The highest BCUT2D eigenvalue weighted by Gasteiger charge is 2.30. The van der Waals surface area contributed by atoms with Gasteiger partial charge in [-0.3, -0.25) is 4.79 Å². The third-order valence-electron chi connectivity index (χ3n) is 3.95. The Labute approximate surface area is 165 Å². The van der Waals surface area contributed by atoms with E-state index in [2.05, 4.69) is 10.3 Å². The summed E-state index contributed by atoms with van der Waals surface area (Å²) in [5.41, 5.74) is -0.394. The van der Waals surface area contributed by atoms with Crippen molar-refractivity contribution in [1.82, 2.24) is 14.6 Å². The maximum Gasteiger partial charge on any atom is 0.416 e. The molecule has 2 aromatic rings. The molecule has 0 radical (unpaired) electrons.